The van der Waals surface area contributed by atoms with Gasteiger partial charge in [0.15, 0.2) is 0 Å². The molecule has 6 rings (SSSR count). The van der Waals surface area contributed by atoms with Crippen molar-refractivity contribution in [2.24, 2.45) is 35.5 Å². The number of nitrogens with zero attached hydrogens (tertiary/aromatic N) is 1. The fraction of sp³-hybridized carbons (Fsp3) is 0.500. The van der Waals surface area contributed by atoms with E-state index in [4.69, 9.17) is 0 Å². The van der Waals surface area contributed by atoms with Crippen molar-refractivity contribution in [1.29, 1.82) is 0 Å². The zero-order valence-electron chi connectivity index (χ0n) is 15.3. The van der Waals surface area contributed by atoms with Crippen LogP contribution in [0.25, 0.3) is 0 Å². The summed E-state index contributed by atoms with van der Waals surface area (Å²) in [4.78, 5) is 39.9. The first kappa shape index (κ1) is 16.0. The van der Waals surface area contributed by atoms with Gasteiger partial charge in [-0.15, -0.1) is 0 Å². The van der Waals surface area contributed by atoms with Gasteiger partial charge >= 0.3 is 0 Å². The number of hydrogen-bond donors (Lipinski definition) is 0. The van der Waals surface area contributed by atoms with Gasteiger partial charge < -0.3 is 0 Å². The summed E-state index contributed by atoms with van der Waals surface area (Å²) in [6, 6.07) is 7.28. The van der Waals surface area contributed by atoms with E-state index < -0.39 is 5.91 Å². The van der Waals surface area contributed by atoms with E-state index in [1.807, 2.05) is 12.1 Å². The smallest absolute Gasteiger partial charge is 0.267 e. The molecule has 3 amide bonds. The second kappa shape index (κ2) is 4.93. The van der Waals surface area contributed by atoms with Crippen molar-refractivity contribution in [2.75, 3.05) is 0 Å². The molecule has 1 aromatic rings. The number of rotatable bonds is 1. The largest absolute Gasteiger partial charge is 0.274 e. The van der Waals surface area contributed by atoms with Crippen molar-refractivity contribution in [2.45, 2.75) is 32.6 Å². The van der Waals surface area contributed by atoms with Crippen LogP contribution in [0.4, 0.5) is 0 Å². The van der Waals surface area contributed by atoms with E-state index in [9.17, 15) is 14.4 Å². The average molecular weight is 349 g/mol. The summed E-state index contributed by atoms with van der Waals surface area (Å²) in [5.74, 6) is -0.293. The Bertz CT molecular complexity index is 824. The van der Waals surface area contributed by atoms with Crippen molar-refractivity contribution in [3.8, 4) is 0 Å². The van der Waals surface area contributed by atoms with Gasteiger partial charge in [0.2, 0.25) is 11.8 Å². The quantitative estimate of drug-likeness (QED) is 0.578. The first-order valence-electron chi connectivity index (χ1n) is 9.50. The lowest BCUT2D eigenvalue weighted by Gasteiger charge is -2.37. The number of carbonyl (C=O) groups is 3. The third-order valence-electron chi connectivity index (χ3n) is 6.86. The van der Waals surface area contributed by atoms with Crippen molar-refractivity contribution >= 4 is 17.7 Å². The minimum Gasteiger partial charge on any atom is -0.274 e. The molecule has 4 nitrogen and oxygen atoms in total. The number of carbonyl (C=O) groups excluding carboxylic acids is 3. The normalized spacial score (nSPS) is 37.0. The fourth-order valence-corrected chi connectivity index (χ4v) is 5.40. The number of imide groups is 3. The average Bonchev–Trinajstić information content (AvgIpc) is 3.38. The summed E-state index contributed by atoms with van der Waals surface area (Å²) in [6.07, 6.45) is 5.37. The first-order valence-corrected chi connectivity index (χ1v) is 9.50. The topological polar surface area (TPSA) is 54.5 Å². The van der Waals surface area contributed by atoms with Crippen molar-refractivity contribution in [3.05, 3.63) is 47.5 Å². The predicted octanol–water partition coefficient (Wildman–Crippen LogP) is 3.18. The van der Waals surface area contributed by atoms with Gasteiger partial charge in [-0.25, -0.2) is 4.90 Å². The van der Waals surface area contributed by atoms with Crippen molar-refractivity contribution in [3.63, 3.8) is 0 Å². The molecule has 0 spiro atoms. The Hall–Kier alpha value is -2.23. The molecule has 1 saturated heterocycles. The standard InChI is InChI=1S/C22H23NO3/c1-22(2,3)12-6-4-11(5-7-12)19(24)23-20(25)17-13-8-9-14(16-10-15(13)16)18(17)21(23)26/h4-9,13-18H,10H2,1-3H3/t13-,14-,15-,16+,17+,18+/m0/s1. The van der Waals surface area contributed by atoms with Crippen LogP contribution < -0.4 is 0 Å². The molecular weight excluding hydrogens is 326 g/mol. The molecule has 0 unspecified atom stereocenters. The SMILES string of the molecule is CC(C)(C)c1ccc(C(=O)N2C(=O)[C@@H]3[C@H]4C=C[C@@H]([C@@H]5C[C@H]45)[C@H]3C2=O)cc1. The lowest BCUT2D eigenvalue weighted by atomic mass is 9.63. The highest BCUT2D eigenvalue weighted by atomic mass is 16.2. The van der Waals surface area contributed by atoms with Crippen LogP contribution in [0, 0.1) is 35.5 Å². The summed E-state index contributed by atoms with van der Waals surface area (Å²) in [5.41, 5.74) is 1.51. The van der Waals surface area contributed by atoms with Gasteiger partial charge in [0.25, 0.3) is 5.91 Å². The zero-order chi connectivity index (χ0) is 18.4. The van der Waals surface area contributed by atoms with E-state index in [0.717, 1.165) is 16.9 Å². The highest BCUT2D eigenvalue weighted by Crippen LogP contribution is 2.65. The Morgan fingerprint density at radius 1 is 0.923 bits per heavy atom. The minimum atomic E-state index is -0.470. The molecule has 2 saturated carbocycles. The minimum absolute atomic E-state index is 0.0122. The molecule has 1 heterocycles. The first-order chi connectivity index (χ1) is 12.3. The Morgan fingerprint density at radius 3 is 1.88 bits per heavy atom. The van der Waals surface area contributed by atoms with Gasteiger partial charge in [-0.2, -0.15) is 0 Å². The summed E-state index contributed by atoms with van der Waals surface area (Å²) in [7, 11) is 0. The molecule has 3 fully saturated rings. The second-order valence-electron chi connectivity index (χ2n) is 9.30. The number of allylic oxidation sites excluding steroid dienone is 2. The van der Waals surface area contributed by atoms with Gasteiger partial charge in [0.1, 0.15) is 0 Å². The molecule has 4 aliphatic carbocycles. The molecular formula is C22H23NO3. The predicted molar refractivity (Wildman–Crippen MR) is 96.0 cm³/mol. The second-order valence-corrected chi connectivity index (χ2v) is 9.30. The zero-order valence-corrected chi connectivity index (χ0v) is 15.3. The van der Waals surface area contributed by atoms with Crippen LogP contribution in [0.15, 0.2) is 36.4 Å². The highest BCUT2D eigenvalue weighted by Gasteiger charge is 2.67. The Labute approximate surface area is 153 Å². The van der Waals surface area contributed by atoms with Crippen LogP contribution in [0.2, 0.25) is 0 Å². The van der Waals surface area contributed by atoms with Crippen LogP contribution in [0.3, 0.4) is 0 Å². The van der Waals surface area contributed by atoms with Crippen LogP contribution in [-0.2, 0) is 15.0 Å². The van der Waals surface area contributed by atoms with Gasteiger partial charge in [-0.3, -0.25) is 14.4 Å². The number of hydrogen-bond acceptors (Lipinski definition) is 3. The number of benzene rings is 1. The highest BCUT2D eigenvalue weighted by molar-refractivity contribution is 6.21. The van der Waals surface area contributed by atoms with Gasteiger partial charge in [0, 0.05) is 5.56 Å². The maximum Gasteiger partial charge on any atom is 0.267 e. The molecule has 0 N–H and O–H groups in total. The molecule has 1 aromatic carbocycles. The Kier molecular flexibility index (Phi) is 3.03. The van der Waals surface area contributed by atoms with Crippen LogP contribution in [-0.4, -0.2) is 22.6 Å². The molecule has 134 valence electrons. The number of amides is 3. The Balaban J connectivity index is 1.45. The summed E-state index contributed by atoms with van der Waals surface area (Å²) < 4.78 is 0. The molecule has 1 aliphatic heterocycles. The summed E-state index contributed by atoms with van der Waals surface area (Å²) in [6.45, 7) is 6.32. The van der Waals surface area contributed by atoms with E-state index in [1.54, 1.807) is 12.1 Å². The molecule has 0 radical (unpaired) electrons. The molecule has 0 aromatic heterocycles. The van der Waals surface area contributed by atoms with Crippen LogP contribution in [0.1, 0.15) is 43.1 Å². The summed E-state index contributed by atoms with van der Waals surface area (Å²) >= 11 is 0. The van der Waals surface area contributed by atoms with Crippen LogP contribution >= 0.6 is 0 Å². The lowest BCUT2D eigenvalue weighted by Crippen LogP contribution is -2.40. The maximum absolute atomic E-state index is 13.0. The number of likely N-dealkylation sites (tertiary alicyclic amines) is 1. The van der Waals surface area contributed by atoms with Gasteiger partial charge in [-0.1, -0.05) is 45.1 Å². The van der Waals surface area contributed by atoms with E-state index >= 15 is 0 Å². The molecule has 26 heavy (non-hydrogen) atoms. The van der Waals surface area contributed by atoms with Gasteiger partial charge in [-0.05, 0) is 53.2 Å². The van der Waals surface area contributed by atoms with Crippen molar-refractivity contribution in [1.82, 2.24) is 4.90 Å². The Morgan fingerprint density at radius 2 is 1.42 bits per heavy atom. The van der Waals surface area contributed by atoms with Crippen LogP contribution in [0.5, 0.6) is 0 Å². The van der Waals surface area contributed by atoms with Crippen molar-refractivity contribution < 1.29 is 14.4 Å². The fourth-order valence-electron chi connectivity index (χ4n) is 5.40. The molecule has 5 aliphatic rings. The third kappa shape index (κ3) is 1.99. The molecule has 2 bridgehead atoms. The van der Waals surface area contributed by atoms with E-state index in [1.165, 1.54) is 0 Å². The maximum atomic E-state index is 13.0. The third-order valence-corrected chi connectivity index (χ3v) is 6.86. The lowest BCUT2D eigenvalue weighted by molar-refractivity contribution is -0.136. The molecule has 6 atom stereocenters. The van der Waals surface area contributed by atoms with E-state index in [-0.39, 0.29) is 40.9 Å². The van der Waals surface area contributed by atoms with Gasteiger partial charge in [0.05, 0.1) is 11.8 Å². The monoisotopic (exact) mass is 349 g/mol. The van der Waals surface area contributed by atoms with E-state index in [2.05, 4.69) is 32.9 Å². The van der Waals surface area contributed by atoms with E-state index in [0.29, 0.717) is 17.4 Å². The summed E-state index contributed by atoms with van der Waals surface area (Å²) in [5, 5.41) is 0. The molecule has 4 heteroatoms.